The van der Waals surface area contributed by atoms with Gasteiger partial charge in [0.05, 0.1) is 0 Å². The number of aryl methyl sites for hydroxylation is 2. The van der Waals surface area contributed by atoms with E-state index in [0.717, 1.165) is 18.4 Å². The second-order valence-electron chi connectivity index (χ2n) is 5.12. The Morgan fingerprint density at radius 1 is 1.38 bits per heavy atom. The molecule has 0 saturated heterocycles. The number of rotatable bonds is 5. The second-order valence-corrected chi connectivity index (χ2v) is 5.12. The highest BCUT2D eigenvalue weighted by Gasteiger charge is 2.07. The number of nitrogens with one attached hydrogen (secondary N) is 2. The Balaban J connectivity index is 1.54. The molecule has 0 spiro atoms. The first-order chi connectivity index (χ1) is 10.2. The predicted molar refractivity (Wildman–Crippen MR) is 83.1 cm³/mol. The van der Waals surface area contributed by atoms with Crippen LogP contribution in [-0.2, 0) is 18.3 Å². The van der Waals surface area contributed by atoms with Gasteiger partial charge in [0.25, 0.3) is 0 Å². The number of anilines is 1. The van der Waals surface area contributed by atoms with Crippen LogP contribution in [0, 0.1) is 0 Å². The van der Waals surface area contributed by atoms with Crippen LogP contribution in [0.4, 0.5) is 5.95 Å². The molecular weight excluding hydrogens is 264 g/mol. The Kier molecular flexibility index (Phi) is 3.73. The van der Waals surface area contributed by atoms with Crippen molar-refractivity contribution in [1.82, 2.24) is 14.5 Å². The van der Waals surface area contributed by atoms with Crippen LogP contribution in [0.5, 0.6) is 0 Å². The van der Waals surface area contributed by atoms with Gasteiger partial charge in [-0.2, -0.15) is 0 Å². The molecule has 2 heterocycles. The van der Waals surface area contributed by atoms with E-state index in [9.17, 15) is 4.79 Å². The van der Waals surface area contributed by atoms with Gasteiger partial charge in [-0.25, -0.2) is 4.98 Å². The molecule has 1 amide bonds. The minimum absolute atomic E-state index is 0.00383. The van der Waals surface area contributed by atoms with Gasteiger partial charge in [-0.05, 0) is 24.5 Å². The van der Waals surface area contributed by atoms with Crippen LogP contribution in [0.25, 0.3) is 10.9 Å². The van der Waals surface area contributed by atoms with Crippen molar-refractivity contribution < 1.29 is 4.79 Å². The number of imidazole rings is 1. The molecule has 108 valence electrons. The van der Waals surface area contributed by atoms with Gasteiger partial charge in [0, 0.05) is 43.0 Å². The third-order valence-corrected chi connectivity index (χ3v) is 3.60. The maximum atomic E-state index is 11.9. The van der Waals surface area contributed by atoms with Gasteiger partial charge in [-0.3, -0.25) is 10.1 Å². The van der Waals surface area contributed by atoms with Crippen LogP contribution in [0.2, 0.25) is 0 Å². The monoisotopic (exact) mass is 282 g/mol. The van der Waals surface area contributed by atoms with Gasteiger partial charge in [-0.15, -0.1) is 0 Å². The van der Waals surface area contributed by atoms with E-state index in [1.807, 2.05) is 31.6 Å². The summed E-state index contributed by atoms with van der Waals surface area (Å²) in [6.45, 7) is 0. The first-order valence-electron chi connectivity index (χ1n) is 7.06. The lowest BCUT2D eigenvalue weighted by atomic mass is 10.1. The maximum absolute atomic E-state index is 11.9. The molecule has 2 N–H and O–H groups in total. The van der Waals surface area contributed by atoms with Crippen molar-refractivity contribution in [1.29, 1.82) is 0 Å². The van der Waals surface area contributed by atoms with Gasteiger partial charge < -0.3 is 9.55 Å². The largest absolute Gasteiger partial charge is 0.361 e. The fourth-order valence-corrected chi connectivity index (χ4v) is 2.45. The summed E-state index contributed by atoms with van der Waals surface area (Å²) in [5.74, 6) is 0.594. The average molecular weight is 282 g/mol. The summed E-state index contributed by atoms with van der Waals surface area (Å²) >= 11 is 0. The SMILES string of the molecule is Cn1ccnc1NC(=O)CCCc1c[nH]c2ccccc12. The Bertz CT molecular complexity index is 756. The van der Waals surface area contributed by atoms with Crippen molar-refractivity contribution in [2.75, 3.05) is 5.32 Å². The quantitative estimate of drug-likeness (QED) is 0.756. The number of carbonyl (C=O) groups excluding carboxylic acids is 1. The Morgan fingerprint density at radius 2 is 2.24 bits per heavy atom. The standard InChI is InChI=1S/C16H18N4O/c1-20-10-9-17-16(20)19-15(21)8-4-5-12-11-18-14-7-3-2-6-13(12)14/h2-3,6-7,9-11,18H,4-5,8H2,1H3,(H,17,19,21). The smallest absolute Gasteiger partial charge is 0.226 e. The lowest BCUT2D eigenvalue weighted by molar-refractivity contribution is -0.116. The van der Waals surface area contributed by atoms with Crippen LogP contribution in [0.1, 0.15) is 18.4 Å². The third kappa shape index (κ3) is 2.97. The molecule has 5 nitrogen and oxygen atoms in total. The van der Waals surface area contributed by atoms with Crippen molar-refractivity contribution >= 4 is 22.8 Å². The summed E-state index contributed by atoms with van der Waals surface area (Å²) in [5, 5.41) is 4.05. The molecule has 0 aliphatic carbocycles. The van der Waals surface area contributed by atoms with Crippen LogP contribution in [-0.4, -0.2) is 20.4 Å². The molecule has 3 aromatic rings. The highest BCUT2D eigenvalue weighted by molar-refractivity contribution is 5.89. The summed E-state index contributed by atoms with van der Waals surface area (Å²) in [7, 11) is 1.86. The zero-order valence-electron chi connectivity index (χ0n) is 12.0. The number of hydrogen-bond acceptors (Lipinski definition) is 2. The fraction of sp³-hybridized carbons (Fsp3) is 0.250. The Hall–Kier alpha value is -2.56. The van der Waals surface area contributed by atoms with Crippen LogP contribution >= 0.6 is 0 Å². The van der Waals surface area contributed by atoms with Gasteiger partial charge >= 0.3 is 0 Å². The highest BCUT2D eigenvalue weighted by atomic mass is 16.1. The minimum Gasteiger partial charge on any atom is -0.361 e. The third-order valence-electron chi connectivity index (χ3n) is 3.60. The summed E-state index contributed by atoms with van der Waals surface area (Å²) in [6.07, 6.45) is 7.70. The highest BCUT2D eigenvalue weighted by Crippen LogP contribution is 2.19. The number of carbonyl (C=O) groups is 1. The van der Waals surface area contributed by atoms with E-state index >= 15 is 0 Å². The zero-order valence-corrected chi connectivity index (χ0v) is 12.0. The first-order valence-corrected chi connectivity index (χ1v) is 7.06. The Labute approximate surface area is 123 Å². The molecular formula is C16H18N4O. The topological polar surface area (TPSA) is 62.7 Å². The molecule has 21 heavy (non-hydrogen) atoms. The first kappa shape index (κ1) is 13.4. The molecule has 0 saturated carbocycles. The average Bonchev–Trinajstić information content (AvgIpc) is 3.07. The van der Waals surface area contributed by atoms with E-state index in [0.29, 0.717) is 12.4 Å². The summed E-state index contributed by atoms with van der Waals surface area (Å²) < 4.78 is 1.79. The number of aromatic amines is 1. The number of amides is 1. The van der Waals surface area contributed by atoms with Crippen molar-refractivity contribution in [3.8, 4) is 0 Å². The summed E-state index contributed by atoms with van der Waals surface area (Å²) in [6, 6.07) is 8.22. The molecule has 2 aromatic heterocycles. The number of para-hydroxylation sites is 1. The molecule has 0 unspecified atom stereocenters. The molecule has 0 aliphatic rings. The molecule has 0 fully saturated rings. The van der Waals surface area contributed by atoms with Crippen LogP contribution < -0.4 is 5.32 Å². The number of nitrogens with zero attached hydrogens (tertiary/aromatic N) is 2. The number of fused-ring (bicyclic) bond motifs is 1. The van der Waals surface area contributed by atoms with Crippen LogP contribution in [0.3, 0.4) is 0 Å². The maximum Gasteiger partial charge on any atom is 0.226 e. The van der Waals surface area contributed by atoms with E-state index in [-0.39, 0.29) is 5.91 Å². The van der Waals surface area contributed by atoms with Crippen molar-refractivity contribution in [2.24, 2.45) is 7.05 Å². The van der Waals surface area contributed by atoms with E-state index in [1.165, 1.54) is 10.9 Å². The van der Waals surface area contributed by atoms with Crippen molar-refractivity contribution in [2.45, 2.75) is 19.3 Å². The minimum atomic E-state index is 0.00383. The lowest BCUT2D eigenvalue weighted by Gasteiger charge is -2.04. The van der Waals surface area contributed by atoms with Gasteiger partial charge in [0.2, 0.25) is 11.9 Å². The fourth-order valence-electron chi connectivity index (χ4n) is 2.45. The van der Waals surface area contributed by atoms with E-state index in [1.54, 1.807) is 10.8 Å². The molecule has 0 aliphatic heterocycles. The molecule has 3 rings (SSSR count). The Morgan fingerprint density at radius 3 is 3.05 bits per heavy atom. The van der Waals surface area contributed by atoms with E-state index in [4.69, 9.17) is 0 Å². The number of H-pyrrole nitrogens is 1. The lowest BCUT2D eigenvalue weighted by Crippen LogP contribution is -2.14. The van der Waals surface area contributed by atoms with E-state index in [2.05, 4.69) is 27.4 Å². The second kappa shape index (κ2) is 5.83. The summed E-state index contributed by atoms with van der Waals surface area (Å²) in [4.78, 5) is 19.2. The predicted octanol–water partition coefficient (Wildman–Crippen LogP) is 2.86. The van der Waals surface area contributed by atoms with Crippen LogP contribution in [0.15, 0.2) is 42.9 Å². The normalized spacial score (nSPS) is 10.9. The van der Waals surface area contributed by atoms with Gasteiger partial charge in [0.15, 0.2) is 0 Å². The number of aromatic nitrogens is 3. The number of benzene rings is 1. The molecule has 5 heteroatoms. The zero-order chi connectivity index (χ0) is 14.7. The van der Waals surface area contributed by atoms with Gasteiger partial charge in [0.1, 0.15) is 0 Å². The molecule has 0 bridgehead atoms. The molecule has 1 aromatic carbocycles. The molecule has 0 radical (unpaired) electrons. The summed E-state index contributed by atoms with van der Waals surface area (Å²) in [5.41, 5.74) is 2.40. The van der Waals surface area contributed by atoms with E-state index < -0.39 is 0 Å². The molecule has 0 atom stereocenters. The van der Waals surface area contributed by atoms with Crippen molar-refractivity contribution in [3.63, 3.8) is 0 Å². The van der Waals surface area contributed by atoms with Gasteiger partial charge in [-0.1, -0.05) is 18.2 Å². The number of hydrogen-bond donors (Lipinski definition) is 2. The van der Waals surface area contributed by atoms with Crippen molar-refractivity contribution in [3.05, 3.63) is 48.4 Å².